The van der Waals surface area contributed by atoms with Gasteiger partial charge in [-0.15, -0.1) is 11.3 Å². The Morgan fingerprint density at radius 1 is 0.938 bits per heavy atom. The SMILES string of the molecule is O=C1NC(=O)N(c2ccc(C34CC5CC(CC(C5)C3)C4)cc2)C(=O)/C1=C/c1ccc(Cl)s1. The maximum absolute atomic E-state index is 13.1. The molecule has 2 aromatic rings. The lowest BCUT2D eigenvalue weighted by Crippen LogP contribution is -2.54. The maximum atomic E-state index is 13.1. The summed E-state index contributed by atoms with van der Waals surface area (Å²) < 4.78 is 0.564. The molecule has 0 atom stereocenters. The van der Waals surface area contributed by atoms with Gasteiger partial charge in [-0.3, -0.25) is 14.9 Å². The second kappa shape index (κ2) is 7.29. The zero-order valence-electron chi connectivity index (χ0n) is 17.5. The smallest absolute Gasteiger partial charge is 0.273 e. The van der Waals surface area contributed by atoms with Gasteiger partial charge in [0.25, 0.3) is 11.8 Å². The first kappa shape index (κ1) is 20.2. The minimum absolute atomic E-state index is 0.0757. The van der Waals surface area contributed by atoms with Crippen LogP contribution in [0.2, 0.25) is 4.34 Å². The van der Waals surface area contributed by atoms with Gasteiger partial charge < -0.3 is 0 Å². The van der Waals surface area contributed by atoms with Crippen molar-refractivity contribution in [2.24, 2.45) is 17.8 Å². The number of anilines is 1. The molecular weight excluding hydrogens is 444 g/mol. The highest BCUT2D eigenvalue weighted by molar-refractivity contribution is 7.17. The molecule has 4 aliphatic carbocycles. The lowest BCUT2D eigenvalue weighted by molar-refractivity contribution is -0.122. The topological polar surface area (TPSA) is 66.5 Å². The number of rotatable bonds is 3. The number of hydrogen-bond donors (Lipinski definition) is 1. The molecule has 0 radical (unpaired) electrons. The summed E-state index contributed by atoms with van der Waals surface area (Å²) in [6, 6.07) is 10.6. The Kier molecular flexibility index (Phi) is 4.60. The number of barbiturate groups is 1. The summed E-state index contributed by atoms with van der Waals surface area (Å²) in [4.78, 5) is 39.7. The van der Waals surface area contributed by atoms with E-state index in [1.54, 1.807) is 12.1 Å². The molecule has 5 aliphatic rings. The number of halogens is 1. The molecule has 7 heteroatoms. The minimum Gasteiger partial charge on any atom is -0.273 e. The molecule has 5 fully saturated rings. The van der Waals surface area contributed by atoms with Gasteiger partial charge in [-0.2, -0.15) is 0 Å². The van der Waals surface area contributed by atoms with Gasteiger partial charge in [0.1, 0.15) is 5.57 Å². The van der Waals surface area contributed by atoms with Crippen LogP contribution in [0.1, 0.15) is 49.0 Å². The van der Waals surface area contributed by atoms with Crippen LogP contribution in [-0.4, -0.2) is 17.8 Å². The first-order valence-corrected chi connectivity index (χ1v) is 12.4. The number of hydrogen-bond acceptors (Lipinski definition) is 4. The van der Waals surface area contributed by atoms with Gasteiger partial charge in [0.15, 0.2) is 0 Å². The fourth-order valence-corrected chi connectivity index (χ4v) is 7.87. The molecular formula is C25H23ClN2O3S. The number of thiophene rings is 1. The third-order valence-electron chi connectivity index (χ3n) is 7.76. The largest absolute Gasteiger partial charge is 0.335 e. The Balaban J connectivity index is 1.30. The molecule has 4 saturated carbocycles. The van der Waals surface area contributed by atoms with Crippen molar-refractivity contribution in [3.05, 3.63) is 56.7 Å². The number of benzene rings is 1. The van der Waals surface area contributed by atoms with Crippen LogP contribution in [0.15, 0.2) is 42.0 Å². The predicted octanol–water partition coefficient (Wildman–Crippen LogP) is 5.54. The summed E-state index contributed by atoms with van der Waals surface area (Å²) in [6.07, 6.45) is 9.41. The van der Waals surface area contributed by atoms with E-state index in [2.05, 4.69) is 17.4 Å². The quantitative estimate of drug-likeness (QED) is 0.477. The minimum atomic E-state index is -0.719. The van der Waals surface area contributed by atoms with E-state index in [0.717, 1.165) is 22.7 Å². The molecule has 1 aromatic carbocycles. The van der Waals surface area contributed by atoms with Crippen molar-refractivity contribution in [3.63, 3.8) is 0 Å². The predicted molar refractivity (Wildman–Crippen MR) is 125 cm³/mol. The van der Waals surface area contributed by atoms with Gasteiger partial charge in [-0.25, -0.2) is 9.69 Å². The second-order valence-corrected chi connectivity index (χ2v) is 11.6. The summed E-state index contributed by atoms with van der Waals surface area (Å²) >= 11 is 7.23. The van der Waals surface area contributed by atoms with Crippen LogP contribution in [0.5, 0.6) is 0 Å². The molecule has 1 aromatic heterocycles. The summed E-state index contributed by atoms with van der Waals surface area (Å²) in [6.45, 7) is 0. The molecule has 0 unspecified atom stereocenters. The van der Waals surface area contributed by atoms with Gasteiger partial charge in [0.2, 0.25) is 0 Å². The van der Waals surface area contributed by atoms with Crippen LogP contribution in [-0.2, 0) is 15.0 Å². The first-order chi connectivity index (χ1) is 15.4. The second-order valence-electron chi connectivity index (χ2n) is 9.84. The molecule has 1 saturated heterocycles. The lowest BCUT2D eigenvalue weighted by atomic mass is 9.48. The third-order valence-corrected chi connectivity index (χ3v) is 8.94. The van der Waals surface area contributed by atoms with Crippen LogP contribution in [0, 0.1) is 17.8 Å². The molecule has 5 nitrogen and oxygen atoms in total. The van der Waals surface area contributed by atoms with Crippen LogP contribution in [0.25, 0.3) is 6.08 Å². The highest BCUT2D eigenvalue weighted by Crippen LogP contribution is 2.60. The van der Waals surface area contributed by atoms with Crippen molar-refractivity contribution in [1.82, 2.24) is 5.32 Å². The summed E-state index contributed by atoms with van der Waals surface area (Å²) in [5.41, 5.74) is 1.98. The fourth-order valence-electron chi connectivity index (χ4n) is 6.87. The Hall–Kier alpha value is -2.44. The average Bonchev–Trinajstić information content (AvgIpc) is 3.15. The van der Waals surface area contributed by atoms with E-state index in [1.807, 2.05) is 12.1 Å². The van der Waals surface area contributed by atoms with Crippen LogP contribution in [0.4, 0.5) is 10.5 Å². The van der Waals surface area contributed by atoms with Crippen molar-refractivity contribution >= 4 is 52.5 Å². The Morgan fingerprint density at radius 3 is 2.12 bits per heavy atom. The first-order valence-electron chi connectivity index (χ1n) is 11.2. The fraction of sp³-hybridized carbons (Fsp3) is 0.400. The van der Waals surface area contributed by atoms with Crippen LogP contribution < -0.4 is 10.2 Å². The van der Waals surface area contributed by atoms with Crippen molar-refractivity contribution in [1.29, 1.82) is 0 Å². The maximum Gasteiger partial charge on any atom is 0.335 e. The molecule has 32 heavy (non-hydrogen) atoms. The standard InChI is InChI=1S/C25H23ClN2O3S/c26-21-6-5-19(32-21)10-20-22(29)27-24(31)28(23(20)30)18-3-1-17(2-4-18)25-11-14-7-15(12-25)9-16(8-14)13-25/h1-6,10,14-16H,7-9,11-13H2,(H,27,29,31)/b20-10+. The molecule has 7 rings (SSSR count). The van der Waals surface area contributed by atoms with Gasteiger partial charge in [-0.1, -0.05) is 23.7 Å². The zero-order valence-corrected chi connectivity index (χ0v) is 19.0. The summed E-state index contributed by atoms with van der Waals surface area (Å²) in [5, 5.41) is 2.29. The monoisotopic (exact) mass is 466 g/mol. The number of amides is 4. The van der Waals surface area contributed by atoms with Gasteiger partial charge >= 0.3 is 6.03 Å². The van der Waals surface area contributed by atoms with E-state index < -0.39 is 17.8 Å². The van der Waals surface area contributed by atoms with E-state index >= 15 is 0 Å². The summed E-state index contributed by atoms with van der Waals surface area (Å²) in [5.74, 6) is 1.23. The molecule has 1 N–H and O–H groups in total. The highest BCUT2D eigenvalue weighted by atomic mass is 35.5. The third kappa shape index (κ3) is 3.23. The molecule has 164 valence electrons. The molecule has 2 heterocycles. The number of nitrogens with one attached hydrogen (secondary N) is 1. The van der Waals surface area contributed by atoms with Crippen LogP contribution in [0.3, 0.4) is 0 Å². The van der Waals surface area contributed by atoms with E-state index in [1.165, 1.54) is 61.5 Å². The van der Waals surface area contributed by atoms with E-state index in [4.69, 9.17) is 11.6 Å². The zero-order chi connectivity index (χ0) is 22.0. The molecule has 4 bridgehead atoms. The average molecular weight is 467 g/mol. The lowest BCUT2D eigenvalue weighted by Gasteiger charge is -2.57. The van der Waals surface area contributed by atoms with Crippen molar-refractivity contribution in [2.45, 2.75) is 43.9 Å². The Bertz CT molecular complexity index is 1130. The molecule has 4 amide bonds. The number of carbonyl (C=O) groups is 3. The van der Waals surface area contributed by atoms with Crippen molar-refractivity contribution in [2.75, 3.05) is 4.90 Å². The Morgan fingerprint density at radius 2 is 1.56 bits per heavy atom. The highest BCUT2D eigenvalue weighted by Gasteiger charge is 2.51. The number of nitrogens with zero attached hydrogens (tertiary/aromatic N) is 1. The van der Waals surface area contributed by atoms with E-state index in [0.29, 0.717) is 14.9 Å². The van der Waals surface area contributed by atoms with Crippen molar-refractivity contribution < 1.29 is 14.4 Å². The summed E-state index contributed by atoms with van der Waals surface area (Å²) in [7, 11) is 0. The van der Waals surface area contributed by atoms with E-state index in [9.17, 15) is 14.4 Å². The van der Waals surface area contributed by atoms with Gasteiger partial charge in [0, 0.05) is 4.88 Å². The van der Waals surface area contributed by atoms with Crippen LogP contribution >= 0.6 is 22.9 Å². The van der Waals surface area contributed by atoms with Crippen molar-refractivity contribution in [3.8, 4) is 0 Å². The van der Waals surface area contributed by atoms with Gasteiger partial charge in [0.05, 0.1) is 10.0 Å². The van der Waals surface area contributed by atoms with Gasteiger partial charge in [-0.05, 0) is 97.6 Å². The Labute approximate surface area is 195 Å². The molecule has 1 aliphatic heterocycles. The number of carbonyl (C=O) groups excluding carboxylic acids is 3. The number of imide groups is 2. The number of urea groups is 1. The van der Waals surface area contributed by atoms with E-state index in [-0.39, 0.29) is 11.0 Å². The molecule has 0 spiro atoms. The normalized spacial score (nSPS) is 32.7.